The Morgan fingerprint density at radius 2 is 1.43 bits per heavy atom. The van der Waals surface area contributed by atoms with Gasteiger partial charge in [-0.05, 0) is 25.0 Å². The van der Waals surface area contributed by atoms with E-state index in [2.05, 4.69) is 0 Å². The number of hydrogen-bond acceptors (Lipinski definition) is 1. The number of aromatic carboxylic acids is 1. The Labute approximate surface area is 78.0 Å². The molecule has 0 aliphatic heterocycles. The summed E-state index contributed by atoms with van der Waals surface area (Å²) in [5, 5.41) is 8.44. The lowest BCUT2D eigenvalue weighted by atomic mass is 10.0. The van der Waals surface area contributed by atoms with E-state index >= 15 is 0 Å². The maximum absolute atomic E-state index is 13.2. The minimum Gasteiger partial charge on any atom is -0.477 e. The van der Waals surface area contributed by atoms with E-state index in [1.807, 2.05) is 0 Å². The number of carboxylic acid groups (broad SMARTS) is 1. The lowest BCUT2D eigenvalue weighted by Crippen LogP contribution is -2.10. The van der Waals surface area contributed by atoms with Crippen LogP contribution in [0, 0.1) is 31.3 Å². The van der Waals surface area contributed by atoms with Gasteiger partial charge in [-0.2, -0.15) is 0 Å². The fraction of sp³-hybridized carbons (Fsp3) is 0.222. The molecule has 1 aromatic carbocycles. The van der Waals surface area contributed by atoms with Gasteiger partial charge in [-0.15, -0.1) is 0 Å². The highest BCUT2D eigenvalue weighted by Gasteiger charge is 2.24. The Morgan fingerprint density at radius 1 is 1.00 bits per heavy atom. The van der Waals surface area contributed by atoms with E-state index < -0.39 is 29.0 Å². The van der Waals surface area contributed by atoms with E-state index in [0.29, 0.717) is 0 Å². The van der Waals surface area contributed by atoms with Crippen LogP contribution in [0.25, 0.3) is 0 Å². The topological polar surface area (TPSA) is 37.3 Å². The quantitative estimate of drug-likeness (QED) is 0.713. The van der Waals surface area contributed by atoms with Gasteiger partial charge >= 0.3 is 5.97 Å². The first-order valence-electron chi connectivity index (χ1n) is 3.74. The molecule has 0 bridgehead atoms. The predicted octanol–water partition coefficient (Wildman–Crippen LogP) is 2.42. The first-order valence-corrected chi connectivity index (χ1v) is 3.74. The van der Waals surface area contributed by atoms with Crippen molar-refractivity contribution >= 4 is 5.97 Å². The molecule has 14 heavy (non-hydrogen) atoms. The van der Waals surface area contributed by atoms with Gasteiger partial charge in [0.1, 0.15) is 11.4 Å². The van der Waals surface area contributed by atoms with Crippen molar-refractivity contribution in [2.24, 2.45) is 0 Å². The van der Waals surface area contributed by atoms with E-state index in [9.17, 15) is 18.0 Å². The Bertz CT molecular complexity index is 384. The number of carboxylic acids is 1. The van der Waals surface area contributed by atoms with Gasteiger partial charge in [0.15, 0.2) is 11.6 Å². The summed E-state index contributed by atoms with van der Waals surface area (Å²) >= 11 is 0. The Balaban J connectivity index is 3.68. The normalized spacial score (nSPS) is 10.4. The predicted molar refractivity (Wildman–Crippen MR) is 42.7 cm³/mol. The summed E-state index contributed by atoms with van der Waals surface area (Å²) in [6.07, 6.45) is 0. The second-order valence-corrected chi connectivity index (χ2v) is 2.87. The van der Waals surface area contributed by atoms with E-state index in [0.717, 1.165) is 0 Å². The summed E-state index contributed by atoms with van der Waals surface area (Å²) in [6, 6.07) is 0. The van der Waals surface area contributed by atoms with Crippen LogP contribution in [0.4, 0.5) is 13.2 Å². The smallest absolute Gasteiger partial charge is 0.341 e. The van der Waals surface area contributed by atoms with Crippen molar-refractivity contribution in [2.45, 2.75) is 13.8 Å². The number of benzene rings is 1. The molecule has 0 aliphatic rings. The van der Waals surface area contributed by atoms with E-state index in [-0.39, 0.29) is 11.1 Å². The van der Waals surface area contributed by atoms with E-state index in [1.54, 1.807) is 0 Å². The first-order chi connectivity index (χ1) is 6.37. The summed E-state index contributed by atoms with van der Waals surface area (Å²) < 4.78 is 39.1. The molecule has 0 fully saturated rings. The van der Waals surface area contributed by atoms with Crippen LogP contribution in [0.3, 0.4) is 0 Å². The number of hydrogen-bond donors (Lipinski definition) is 1. The zero-order chi connectivity index (χ0) is 11.0. The van der Waals surface area contributed by atoms with Gasteiger partial charge in [-0.3, -0.25) is 0 Å². The fourth-order valence-electron chi connectivity index (χ4n) is 1.08. The summed E-state index contributed by atoms with van der Waals surface area (Å²) in [5.41, 5.74) is -1.66. The first kappa shape index (κ1) is 10.6. The molecule has 0 radical (unpaired) electrons. The van der Waals surface area contributed by atoms with E-state index in [1.165, 1.54) is 13.8 Å². The zero-order valence-corrected chi connectivity index (χ0v) is 7.49. The van der Waals surface area contributed by atoms with Gasteiger partial charge < -0.3 is 5.11 Å². The highest BCUT2D eigenvalue weighted by atomic mass is 19.2. The van der Waals surface area contributed by atoms with Gasteiger partial charge in [0.25, 0.3) is 0 Å². The van der Waals surface area contributed by atoms with Gasteiger partial charge in [-0.25, -0.2) is 18.0 Å². The molecule has 0 saturated carbocycles. The molecule has 0 unspecified atom stereocenters. The third-order valence-corrected chi connectivity index (χ3v) is 2.07. The van der Waals surface area contributed by atoms with Crippen molar-refractivity contribution in [3.63, 3.8) is 0 Å². The van der Waals surface area contributed by atoms with Crippen LogP contribution in [0.2, 0.25) is 0 Å². The average molecular weight is 204 g/mol. The molecule has 0 aliphatic carbocycles. The maximum Gasteiger partial charge on any atom is 0.341 e. The maximum atomic E-state index is 13.2. The van der Waals surface area contributed by atoms with Crippen LogP contribution in [0.15, 0.2) is 0 Å². The molecular formula is C9H7F3O2. The van der Waals surface area contributed by atoms with Crippen LogP contribution in [0.5, 0.6) is 0 Å². The molecule has 0 aromatic heterocycles. The number of halogens is 3. The number of carbonyl (C=O) groups is 1. The zero-order valence-electron chi connectivity index (χ0n) is 7.49. The minimum atomic E-state index is -1.82. The highest BCUT2D eigenvalue weighted by Crippen LogP contribution is 2.23. The molecule has 0 heterocycles. The van der Waals surface area contributed by atoms with Crippen LogP contribution in [-0.2, 0) is 0 Å². The largest absolute Gasteiger partial charge is 0.477 e. The lowest BCUT2D eigenvalue weighted by Gasteiger charge is -2.07. The molecule has 0 atom stereocenters. The Morgan fingerprint density at radius 3 is 1.86 bits per heavy atom. The Hall–Kier alpha value is -1.52. The van der Waals surface area contributed by atoms with Crippen molar-refractivity contribution in [3.8, 4) is 0 Å². The molecule has 76 valence electrons. The fourth-order valence-corrected chi connectivity index (χ4v) is 1.08. The van der Waals surface area contributed by atoms with Gasteiger partial charge in [0.05, 0.1) is 0 Å². The number of rotatable bonds is 1. The van der Waals surface area contributed by atoms with Crippen molar-refractivity contribution < 1.29 is 23.1 Å². The highest BCUT2D eigenvalue weighted by molar-refractivity contribution is 5.88. The van der Waals surface area contributed by atoms with E-state index in [4.69, 9.17) is 5.11 Å². The minimum absolute atomic E-state index is 0.193. The van der Waals surface area contributed by atoms with Crippen molar-refractivity contribution in [3.05, 3.63) is 34.1 Å². The van der Waals surface area contributed by atoms with Crippen molar-refractivity contribution in [2.75, 3.05) is 0 Å². The summed E-state index contributed by atoms with van der Waals surface area (Å²) in [5.74, 6) is -6.02. The SMILES string of the molecule is Cc1c(C)c(F)c(C(=O)O)c(F)c1F. The van der Waals surface area contributed by atoms with Gasteiger partial charge in [0, 0.05) is 0 Å². The van der Waals surface area contributed by atoms with Crippen molar-refractivity contribution in [1.29, 1.82) is 0 Å². The Kier molecular flexibility index (Phi) is 2.51. The molecule has 1 rings (SSSR count). The monoisotopic (exact) mass is 204 g/mol. The van der Waals surface area contributed by atoms with Crippen LogP contribution < -0.4 is 0 Å². The molecular weight excluding hydrogens is 197 g/mol. The van der Waals surface area contributed by atoms with Crippen molar-refractivity contribution in [1.82, 2.24) is 0 Å². The van der Waals surface area contributed by atoms with Crippen LogP contribution >= 0.6 is 0 Å². The molecule has 1 aromatic rings. The van der Waals surface area contributed by atoms with Crippen LogP contribution in [0.1, 0.15) is 21.5 Å². The second-order valence-electron chi connectivity index (χ2n) is 2.87. The standard InChI is InChI=1S/C9H7F3O2/c1-3-4(2)7(11)8(12)5(6(3)10)9(13)14/h1-2H3,(H,13,14). The average Bonchev–Trinajstić information content (AvgIpc) is 2.11. The third kappa shape index (κ3) is 1.34. The molecule has 1 N–H and O–H groups in total. The van der Waals surface area contributed by atoms with Gasteiger partial charge in [-0.1, -0.05) is 0 Å². The summed E-state index contributed by atoms with van der Waals surface area (Å²) in [7, 11) is 0. The molecule has 2 nitrogen and oxygen atoms in total. The lowest BCUT2D eigenvalue weighted by molar-refractivity contribution is 0.0684. The summed E-state index contributed by atoms with van der Waals surface area (Å²) in [6.45, 7) is 2.38. The summed E-state index contributed by atoms with van der Waals surface area (Å²) in [4.78, 5) is 10.4. The molecule has 0 amide bonds. The van der Waals surface area contributed by atoms with Crippen LogP contribution in [-0.4, -0.2) is 11.1 Å². The second kappa shape index (κ2) is 3.32. The molecule has 5 heteroatoms. The molecule has 0 spiro atoms. The third-order valence-electron chi connectivity index (χ3n) is 2.07. The molecule has 0 saturated heterocycles. The van der Waals surface area contributed by atoms with Gasteiger partial charge in [0.2, 0.25) is 0 Å².